The number of rotatable bonds is 10. The molecule has 0 fully saturated rings. The zero-order valence-corrected chi connectivity index (χ0v) is 14.4. The minimum Gasteiger partial charge on any atom is -0.496 e. The first-order valence-electron chi connectivity index (χ1n) is 7.73. The number of hydrogen-bond acceptors (Lipinski definition) is 5. The predicted octanol–water partition coefficient (Wildman–Crippen LogP) is 2.87. The second-order valence-electron chi connectivity index (χ2n) is 5.41. The summed E-state index contributed by atoms with van der Waals surface area (Å²) in [5.41, 5.74) is 0.676. The number of aliphatic hydroxyl groups excluding tert-OH is 1. The number of hydrogen-bond donors (Lipinski definition) is 1. The Kier molecular flexibility index (Phi) is 8.06. The number of unbranched alkanes of at least 4 members (excludes halogenated alkanes) is 1. The van der Waals surface area contributed by atoms with E-state index < -0.39 is 6.10 Å². The normalized spacial score (nSPS) is 12.3. The Labute approximate surface area is 133 Å². The molecule has 0 aromatic heterocycles. The SMILES string of the molecule is CCCCN(C)CCC(O)c1c(OC)cc(OC)cc1OC. The first-order chi connectivity index (χ1) is 10.6. The maximum absolute atomic E-state index is 10.6. The molecule has 0 bridgehead atoms. The van der Waals surface area contributed by atoms with Crippen molar-refractivity contribution in [3.63, 3.8) is 0 Å². The van der Waals surface area contributed by atoms with Gasteiger partial charge in [-0.15, -0.1) is 0 Å². The van der Waals surface area contributed by atoms with Gasteiger partial charge in [0, 0.05) is 18.7 Å². The average molecular weight is 311 g/mol. The largest absolute Gasteiger partial charge is 0.496 e. The molecule has 0 aliphatic heterocycles. The van der Waals surface area contributed by atoms with Crippen LogP contribution >= 0.6 is 0 Å². The van der Waals surface area contributed by atoms with E-state index in [0.717, 1.165) is 13.1 Å². The number of aliphatic hydroxyl groups is 1. The zero-order valence-electron chi connectivity index (χ0n) is 14.4. The third-order valence-electron chi connectivity index (χ3n) is 3.76. The monoisotopic (exact) mass is 311 g/mol. The summed E-state index contributed by atoms with van der Waals surface area (Å²) in [6, 6.07) is 3.53. The number of nitrogens with zero attached hydrogens (tertiary/aromatic N) is 1. The Hall–Kier alpha value is -1.46. The van der Waals surface area contributed by atoms with Gasteiger partial charge >= 0.3 is 0 Å². The van der Waals surface area contributed by atoms with Crippen LogP contribution in [0, 0.1) is 0 Å². The fourth-order valence-corrected chi connectivity index (χ4v) is 2.39. The van der Waals surface area contributed by atoms with E-state index in [4.69, 9.17) is 14.2 Å². The van der Waals surface area contributed by atoms with E-state index in [-0.39, 0.29) is 0 Å². The molecule has 1 rings (SSSR count). The molecular formula is C17H29NO4. The van der Waals surface area contributed by atoms with Crippen molar-refractivity contribution in [1.82, 2.24) is 4.90 Å². The molecule has 1 atom stereocenters. The molecule has 126 valence electrons. The summed E-state index contributed by atoms with van der Waals surface area (Å²) in [6.45, 7) is 4.04. The van der Waals surface area contributed by atoms with Crippen LogP contribution in [0.3, 0.4) is 0 Å². The van der Waals surface area contributed by atoms with Crippen LogP contribution in [-0.2, 0) is 0 Å². The van der Waals surface area contributed by atoms with E-state index in [0.29, 0.717) is 29.2 Å². The number of methoxy groups -OCH3 is 3. The van der Waals surface area contributed by atoms with E-state index in [2.05, 4.69) is 18.9 Å². The van der Waals surface area contributed by atoms with Crippen molar-refractivity contribution in [2.24, 2.45) is 0 Å². The van der Waals surface area contributed by atoms with Gasteiger partial charge in [0.2, 0.25) is 0 Å². The van der Waals surface area contributed by atoms with E-state index in [1.807, 2.05) is 0 Å². The van der Waals surface area contributed by atoms with E-state index in [9.17, 15) is 5.11 Å². The van der Waals surface area contributed by atoms with Gasteiger partial charge in [0.15, 0.2) is 0 Å². The topological polar surface area (TPSA) is 51.2 Å². The van der Waals surface area contributed by atoms with E-state index in [1.54, 1.807) is 33.5 Å². The molecule has 22 heavy (non-hydrogen) atoms. The molecule has 0 radical (unpaired) electrons. The van der Waals surface area contributed by atoms with Crippen molar-refractivity contribution < 1.29 is 19.3 Å². The van der Waals surface area contributed by atoms with E-state index >= 15 is 0 Å². The Bertz CT molecular complexity index is 425. The first kappa shape index (κ1) is 18.6. The summed E-state index contributed by atoms with van der Waals surface area (Å²) in [5.74, 6) is 1.81. The summed E-state index contributed by atoms with van der Waals surface area (Å²) in [4.78, 5) is 2.23. The molecule has 5 heteroatoms. The highest BCUT2D eigenvalue weighted by atomic mass is 16.5. The number of benzene rings is 1. The summed E-state index contributed by atoms with van der Waals surface area (Å²) in [7, 11) is 6.83. The Morgan fingerprint density at radius 1 is 1.05 bits per heavy atom. The second-order valence-corrected chi connectivity index (χ2v) is 5.41. The van der Waals surface area contributed by atoms with Crippen LogP contribution in [0.4, 0.5) is 0 Å². The van der Waals surface area contributed by atoms with Gasteiger partial charge in [-0.3, -0.25) is 0 Å². The minimum atomic E-state index is -0.639. The molecule has 1 aromatic carbocycles. The van der Waals surface area contributed by atoms with Crippen LogP contribution in [-0.4, -0.2) is 51.5 Å². The molecule has 1 N–H and O–H groups in total. The highest BCUT2D eigenvalue weighted by Crippen LogP contribution is 2.39. The van der Waals surface area contributed by atoms with Gasteiger partial charge < -0.3 is 24.2 Å². The predicted molar refractivity (Wildman–Crippen MR) is 88.1 cm³/mol. The van der Waals surface area contributed by atoms with Gasteiger partial charge in [0.25, 0.3) is 0 Å². The third kappa shape index (κ3) is 5.07. The van der Waals surface area contributed by atoms with Crippen molar-refractivity contribution in [1.29, 1.82) is 0 Å². The maximum atomic E-state index is 10.6. The van der Waals surface area contributed by atoms with Crippen molar-refractivity contribution in [3.05, 3.63) is 17.7 Å². The average Bonchev–Trinajstić information content (AvgIpc) is 2.56. The quantitative estimate of drug-likeness (QED) is 0.720. The fraction of sp³-hybridized carbons (Fsp3) is 0.647. The molecule has 0 aliphatic carbocycles. The first-order valence-corrected chi connectivity index (χ1v) is 7.73. The summed E-state index contributed by atoms with van der Waals surface area (Å²) >= 11 is 0. The minimum absolute atomic E-state index is 0.583. The molecule has 0 amide bonds. The Morgan fingerprint density at radius 3 is 2.09 bits per heavy atom. The van der Waals surface area contributed by atoms with Crippen molar-refractivity contribution in [2.45, 2.75) is 32.3 Å². The van der Waals surface area contributed by atoms with Crippen molar-refractivity contribution in [3.8, 4) is 17.2 Å². The molecule has 0 aliphatic rings. The third-order valence-corrected chi connectivity index (χ3v) is 3.76. The highest BCUT2D eigenvalue weighted by molar-refractivity contribution is 5.51. The van der Waals surface area contributed by atoms with Gasteiger partial charge in [-0.2, -0.15) is 0 Å². The van der Waals surface area contributed by atoms with Gasteiger partial charge in [-0.25, -0.2) is 0 Å². The highest BCUT2D eigenvalue weighted by Gasteiger charge is 2.21. The zero-order chi connectivity index (χ0) is 16.5. The molecule has 1 unspecified atom stereocenters. The molecule has 1 aromatic rings. The maximum Gasteiger partial charge on any atom is 0.132 e. The van der Waals surface area contributed by atoms with Gasteiger partial charge in [0.1, 0.15) is 17.2 Å². The molecule has 0 saturated heterocycles. The molecular weight excluding hydrogens is 282 g/mol. The lowest BCUT2D eigenvalue weighted by Crippen LogP contribution is -2.22. The molecule has 0 spiro atoms. The smallest absolute Gasteiger partial charge is 0.132 e. The van der Waals surface area contributed by atoms with Crippen LogP contribution in [0.2, 0.25) is 0 Å². The lowest BCUT2D eigenvalue weighted by atomic mass is 10.0. The van der Waals surface area contributed by atoms with Crippen LogP contribution in [0.1, 0.15) is 37.9 Å². The molecule has 5 nitrogen and oxygen atoms in total. The van der Waals surface area contributed by atoms with Crippen molar-refractivity contribution >= 4 is 0 Å². The van der Waals surface area contributed by atoms with Gasteiger partial charge in [-0.1, -0.05) is 13.3 Å². The summed E-state index contributed by atoms with van der Waals surface area (Å²) < 4.78 is 16.0. The van der Waals surface area contributed by atoms with Gasteiger partial charge in [0.05, 0.1) is 33.0 Å². The fourth-order valence-electron chi connectivity index (χ4n) is 2.39. The van der Waals surface area contributed by atoms with Crippen LogP contribution < -0.4 is 14.2 Å². The van der Waals surface area contributed by atoms with Crippen LogP contribution in [0.5, 0.6) is 17.2 Å². The summed E-state index contributed by atoms with van der Waals surface area (Å²) in [6.07, 6.45) is 2.33. The van der Waals surface area contributed by atoms with E-state index in [1.165, 1.54) is 12.8 Å². The molecule has 0 heterocycles. The van der Waals surface area contributed by atoms with Crippen LogP contribution in [0.15, 0.2) is 12.1 Å². The Balaban J connectivity index is 2.84. The number of ether oxygens (including phenoxy) is 3. The standard InChI is InChI=1S/C17H29NO4/c1-6-7-9-18(2)10-8-14(19)17-15(21-4)11-13(20-3)12-16(17)22-5/h11-12,14,19H,6-10H2,1-5H3. The Morgan fingerprint density at radius 2 is 1.64 bits per heavy atom. The van der Waals surface area contributed by atoms with Crippen LogP contribution in [0.25, 0.3) is 0 Å². The molecule has 0 saturated carbocycles. The lowest BCUT2D eigenvalue weighted by molar-refractivity contribution is 0.142. The second kappa shape index (κ2) is 9.54. The van der Waals surface area contributed by atoms with Crippen molar-refractivity contribution in [2.75, 3.05) is 41.5 Å². The summed E-state index contributed by atoms with van der Waals surface area (Å²) in [5, 5.41) is 10.6. The lowest BCUT2D eigenvalue weighted by Gasteiger charge is -2.22. The van der Waals surface area contributed by atoms with Gasteiger partial charge in [-0.05, 0) is 26.4 Å².